The molecule has 5 nitrogen and oxygen atoms in total. The second-order valence-corrected chi connectivity index (χ2v) is 4.16. The number of nitrogens with one attached hydrogen (secondary N) is 1. The summed E-state index contributed by atoms with van der Waals surface area (Å²) >= 11 is 0. The Morgan fingerprint density at radius 1 is 1.19 bits per heavy atom. The van der Waals surface area contributed by atoms with E-state index in [0.29, 0.717) is 11.5 Å². The van der Waals surface area contributed by atoms with Gasteiger partial charge in [0.2, 0.25) is 0 Å². The molecule has 0 bridgehead atoms. The Kier molecular flexibility index (Phi) is 5.18. The fourth-order valence-electron chi connectivity index (χ4n) is 1.55. The first-order valence-electron chi connectivity index (χ1n) is 6.40. The summed E-state index contributed by atoms with van der Waals surface area (Å²) in [6.45, 7) is 0.418. The van der Waals surface area contributed by atoms with Gasteiger partial charge in [0.15, 0.2) is 0 Å². The van der Waals surface area contributed by atoms with Crippen LogP contribution in [0.15, 0.2) is 48.5 Å². The number of carbonyl (C=O) groups is 1. The molecular weight excluding hydrogens is 266 g/mol. The maximum atomic E-state index is 11.4. The van der Waals surface area contributed by atoms with Crippen LogP contribution in [0.2, 0.25) is 0 Å². The van der Waals surface area contributed by atoms with Crippen LogP contribution in [0.4, 0.5) is 10.6 Å². The van der Waals surface area contributed by atoms with E-state index in [1.165, 1.54) is 0 Å². The Balaban J connectivity index is 1.72. The summed E-state index contributed by atoms with van der Waals surface area (Å²) < 4.78 is 5.05. The molecule has 0 radical (unpaired) electrons. The number of alkyl carbamates (subject to hydrolysis) is 1. The molecule has 21 heavy (non-hydrogen) atoms. The molecule has 0 saturated carbocycles. The van der Waals surface area contributed by atoms with E-state index in [1.54, 1.807) is 18.2 Å². The number of amides is 1. The quantitative estimate of drug-likeness (QED) is 0.843. The van der Waals surface area contributed by atoms with Crippen LogP contribution in [0.1, 0.15) is 11.3 Å². The van der Waals surface area contributed by atoms with E-state index < -0.39 is 6.09 Å². The number of hydrogen-bond acceptors (Lipinski definition) is 4. The van der Waals surface area contributed by atoms with Crippen LogP contribution in [-0.2, 0) is 11.3 Å². The number of pyridine rings is 1. The topological polar surface area (TPSA) is 77.2 Å². The second kappa shape index (κ2) is 7.56. The number of rotatable bonds is 3. The number of nitrogens with two attached hydrogens (primary N) is 1. The van der Waals surface area contributed by atoms with Gasteiger partial charge in [-0.3, -0.25) is 0 Å². The third-order valence-electron chi connectivity index (χ3n) is 2.52. The molecule has 0 atom stereocenters. The van der Waals surface area contributed by atoms with E-state index in [9.17, 15) is 4.79 Å². The fraction of sp³-hybridized carbons (Fsp3) is 0.125. The molecule has 2 aromatic rings. The first-order valence-corrected chi connectivity index (χ1v) is 6.40. The fourth-order valence-corrected chi connectivity index (χ4v) is 1.55. The number of nitrogens with zero attached hydrogens (tertiary/aromatic N) is 1. The lowest BCUT2D eigenvalue weighted by Crippen LogP contribution is -2.24. The summed E-state index contributed by atoms with van der Waals surface area (Å²) in [5.74, 6) is 6.00. The van der Waals surface area contributed by atoms with Crippen LogP contribution in [0.3, 0.4) is 0 Å². The number of ether oxygens (including phenoxy) is 1. The molecule has 0 aliphatic carbocycles. The van der Waals surface area contributed by atoms with E-state index in [-0.39, 0.29) is 13.2 Å². The Morgan fingerprint density at radius 3 is 2.76 bits per heavy atom. The van der Waals surface area contributed by atoms with Gasteiger partial charge in [-0.2, -0.15) is 0 Å². The van der Waals surface area contributed by atoms with Crippen LogP contribution in [0, 0.1) is 11.8 Å². The molecule has 1 aromatic heterocycles. The number of benzene rings is 1. The zero-order valence-electron chi connectivity index (χ0n) is 11.4. The van der Waals surface area contributed by atoms with Crippen molar-refractivity contribution in [3.8, 4) is 11.8 Å². The number of carbonyl (C=O) groups excluding carboxylic acids is 1. The summed E-state index contributed by atoms with van der Waals surface area (Å²) in [5.41, 5.74) is 7.03. The summed E-state index contributed by atoms with van der Waals surface area (Å²) in [7, 11) is 0. The summed E-state index contributed by atoms with van der Waals surface area (Å²) in [4.78, 5) is 15.5. The van der Waals surface area contributed by atoms with Crippen molar-refractivity contribution in [2.75, 3.05) is 12.3 Å². The van der Waals surface area contributed by atoms with Gasteiger partial charge in [-0.1, -0.05) is 42.3 Å². The smallest absolute Gasteiger partial charge is 0.408 e. The van der Waals surface area contributed by atoms with Gasteiger partial charge in [-0.05, 0) is 23.6 Å². The summed E-state index contributed by atoms with van der Waals surface area (Å²) in [5, 5.41) is 2.54. The predicted molar refractivity (Wildman–Crippen MR) is 80.2 cm³/mol. The van der Waals surface area contributed by atoms with Crippen molar-refractivity contribution in [3.05, 3.63) is 59.8 Å². The van der Waals surface area contributed by atoms with Crippen LogP contribution < -0.4 is 11.1 Å². The molecule has 1 aromatic carbocycles. The maximum Gasteiger partial charge on any atom is 0.408 e. The predicted octanol–water partition coefficient (Wildman–Crippen LogP) is 1.94. The number of aromatic nitrogens is 1. The first-order chi connectivity index (χ1) is 10.2. The van der Waals surface area contributed by atoms with Crippen molar-refractivity contribution in [3.63, 3.8) is 0 Å². The highest BCUT2D eigenvalue weighted by Crippen LogP contribution is 2.00. The van der Waals surface area contributed by atoms with Gasteiger partial charge in [0.1, 0.15) is 18.1 Å². The van der Waals surface area contributed by atoms with E-state index in [0.717, 1.165) is 5.56 Å². The Labute approximate surface area is 123 Å². The van der Waals surface area contributed by atoms with Gasteiger partial charge >= 0.3 is 6.09 Å². The van der Waals surface area contributed by atoms with Gasteiger partial charge < -0.3 is 15.8 Å². The lowest BCUT2D eigenvalue weighted by molar-refractivity contribution is 0.141. The van der Waals surface area contributed by atoms with E-state index in [2.05, 4.69) is 22.1 Å². The number of anilines is 1. The highest BCUT2D eigenvalue weighted by molar-refractivity contribution is 5.67. The van der Waals surface area contributed by atoms with Gasteiger partial charge in [0.05, 0.1) is 6.54 Å². The molecule has 0 fully saturated rings. The molecule has 0 saturated heterocycles. The highest BCUT2D eigenvalue weighted by Gasteiger charge is 2.00. The Morgan fingerprint density at radius 2 is 2.00 bits per heavy atom. The average molecular weight is 281 g/mol. The van der Waals surface area contributed by atoms with Crippen molar-refractivity contribution >= 4 is 11.9 Å². The van der Waals surface area contributed by atoms with Gasteiger partial charge in [0, 0.05) is 0 Å². The molecule has 0 spiro atoms. The van der Waals surface area contributed by atoms with Crippen molar-refractivity contribution in [2.24, 2.45) is 0 Å². The molecule has 0 unspecified atom stereocenters. The lowest BCUT2D eigenvalue weighted by Gasteiger charge is -2.04. The number of hydrogen-bond donors (Lipinski definition) is 2. The normalized spacial score (nSPS) is 9.33. The van der Waals surface area contributed by atoms with Crippen LogP contribution in [0.25, 0.3) is 0 Å². The summed E-state index contributed by atoms with van der Waals surface area (Å²) in [6, 6.07) is 14.7. The van der Waals surface area contributed by atoms with Gasteiger partial charge in [0.25, 0.3) is 0 Å². The highest BCUT2D eigenvalue weighted by atomic mass is 16.5. The zero-order chi connectivity index (χ0) is 14.9. The van der Waals surface area contributed by atoms with Crippen LogP contribution in [0.5, 0.6) is 0 Å². The number of nitrogen functional groups attached to an aromatic ring is 1. The minimum Gasteiger partial charge on any atom is -0.445 e. The van der Waals surface area contributed by atoms with Crippen molar-refractivity contribution in [2.45, 2.75) is 6.61 Å². The SMILES string of the molecule is Nc1cccc(C#CCNC(=O)OCc2ccccc2)n1. The standard InChI is InChI=1S/C16H15N3O2/c17-15-10-4-8-14(19-15)9-5-11-18-16(20)21-12-13-6-2-1-3-7-13/h1-4,6-8,10H,11-12H2,(H2,17,19)(H,18,20). The van der Waals surface area contributed by atoms with Crippen LogP contribution >= 0.6 is 0 Å². The zero-order valence-corrected chi connectivity index (χ0v) is 11.4. The molecule has 0 aliphatic rings. The van der Waals surface area contributed by atoms with Gasteiger partial charge in [-0.25, -0.2) is 9.78 Å². The second-order valence-electron chi connectivity index (χ2n) is 4.16. The third kappa shape index (κ3) is 5.25. The largest absolute Gasteiger partial charge is 0.445 e. The van der Waals surface area contributed by atoms with Crippen molar-refractivity contribution < 1.29 is 9.53 Å². The maximum absolute atomic E-state index is 11.4. The summed E-state index contributed by atoms with van der Waals surface area (Å²) in [6.07, 6.45) is -0.506. The lowest BCUT2D eigenvalue weighted by atomic mass is 10.2. The van der Waals surface area contributed by atoms with E-state index in [4.69, 9.17) is 10.5 Å². The molecule has 1 heterocycles. The Hall–Kier alpha value is -3.00. The third-order valence-corrected chi connectivity index (χ3v) is 2.52. The molecule has 2 rings (SSSR count). The average Bonchev–Trinajstić information content (AvgIpc) is 2.51. The van der Waals surface area contributed by atoms with E-state index >= 15 is 0 Å². The molecule has 1 amide bonds. The molecule has 106 valence electrons. The minimum atomic E-state index is -0.506. The molecule has 5 heteroatoms. The van der Waals surface area contributed by atoms with Crippen LogP contribution in [-0.4, -0.2) is 17.6 Å². The molecule has 3 N–H and O–H groups in total. The van der Waals surface area contributed by atoms with Gasteiger partial charge in [-0.15, -0.1) is 0 Å². The van der Waals surface area contributed by atoms with Crippen molar-refractivity contribution in [1.82, 2.24) is 10.3 Å². The first kappa shape index (κ1) is 14.4. The molecular formula is C16H15N3O2. The van der Waals surface area contributed by atoms with Crippen molar-refractivity contribution in [1.29, 1.82) is 0 Å². The molecule has 0 aliphatic heterocycles. The minimum absolute atomic E-state index is 0.185. The monoisotopic (exact) mass is 281 g/mol. The van der Waals surface area contributed by atoms with E-state index in [1.807, 2.05) is 30.3 Å². The Bertz CT molecular complexity index is 660.